The second kappa shape index (κ2) is 5.75. The molecule has 1 atom stereocenters. The fraction of sp³-hybridized carbons (Fsp3) is 0.500. The summed E-state index contributed by atoms with van der Waals surface area (Å²) in [5.74, 6) is -0.262. The van der Waals surface area contributed by atoms with Crippen molar-refractivity contribution in [1.82, 2.24) is 10.2 Å². The van der Waals surface area contributed by atoms with E-state index >= 15 is 0 Å². The summed E-state index contributed by atoms with van der Waals surface area (Å²) in [5.41, 5.74) is 0.605. The number of amides is 1. The monoisotopic (exact) mass is 272 g/mol. The van der Waals surface area contributed by atoms with Gasteiger partial charge in [0.2, 0.25) is 5.91 Å². The lowest BCUT2D eigenvalue weighted by Gasteiger charge is -2.15. The molecule has 20 heavy (non-hydrogen) atoms. The number of Topliss-reactive ketones (excluding diaryl/α,β-unsaturated/α-hetero) is 1. The predicted octanol–water partition coefficient (Wildman–Crippen LogP) is 1.61. The van der Waals surface area contributed by atoms with Gasteiger partial charge in [-0.3, -0.25) is 14.5 Å². The third-order valence-corrected chi connectivity index (χ3v) is 4.06. The number of carbonyl (C=O) groups is 2. The van der Waals surface area contributed by atoms with Gasteiger partial charge in [-0.2, -0.15) is 0 Å². The largest absolute Gasteiger partial charge is 0.352 e. The van der Waals surface area contributed by atoms with E-state index in [9.17, 15) is 9.59 Å². The van der Waals surface area contributed by atoms with Gasteiger partial charge in [-0.1, -0.05) is 30.3 Å². The highest BCUT2D eigenvalue weighted by atomic mass is 16.2. The molecule has 1 saturated carbocycles. The van der Waals surface area contributed by atoms with Crippen molar-refractivity contribution in [2.75, 3.05) is 13.1 Å². The van der Waals surface area contributed by atoms with Gasteiger partial charge in [0.15, 0.2) is 5.78 Å². The van der Waals surface area contributed by atoms with E-state index in [-0.39, 0.29) is 24.2 Å². The summed E-state index contributed by atoms with van der Waals surface area (Å²) >= 11 is 0. The van der Waals surface area contributed by atoms with Crippen LogP contribution in [0.25, 0.3) is 0 Å². The zero-order valence-corrected chi connectivity index (χ0v) is 11.5. The number of hydrogen-bond acceptors (Lipinski definition) is 3. The molecule has 2 aliphatic rings. The first-order chi connectivity index (χ1) is 9.72. The Kier molecular flexibility index (Phi) is 3.83. The van der Waals surface area contributed by atoms with Crippen LogP contribution in [0.5, 0.6) is 0 Å². The molecule has 0 aromatic heterocycles. The Morgan fingerprint density at radius 3 is 2.60 bits per heavy atom. The summed E-state index contributed by atoms with van der Waals surface area (Å²) in [6, 6.07) is 9.96. The number of rotatable bonds is 5. The Bertz CT molecular complexity index is 496. The van der Waals surface area contributed by atoms with E-state index in [1.54, 1.807) is 12.1 Å². The highest BCUT2D eigenvalue weighted by molar-refractivity contribution is 6.07. The minimum absolute atomic E-state index is 0.0516. The average molecular weight is 272 g/mol. The van der Waals surface area contributed by atoms with Crippen LogP contribution in [0, 0.1) is 0 Å². The molecule has 1 aliphatic heterocycles. The number of likely N-dealkylation sites (tertiary alicyclic amines) is 1. The molecule has 1 saturated heterocycles. The second-order valence-electron chi connectivity index (χ2n) is 5.75. The van der Waals surface area contributed by atoms with E-state index in [1.807, 2.05) is 18.2 Å². The number of benzene rings is 1. The Labute approximate surface area is 119 Å². The minimum Gasteiger partial charge on any atom is -0.352 e. The van der Waals surface area contributed by atoms with Crippen LogP contribution < -0.4 is 5.32 Å². The number of nitrogens with zero attached hydrogens (tertiary/aromatic N) is 1. The number of carbonyl (C=O) groups excluding carboxylic acids is 2. The summed E-state index contributed by atoms with van der Waals surface area (Å²) in [6.45, 7) is 2.01. The molecule has 0 bridgehead atoms. The molecule has 4 heteroatoms. The maximum atomic E-state index is 11.9. The molecule has 0 radical (unpaired) electrons. The SMILES string of the molecule is O=C(CC(=O)c1ccccc1)NC1CCN(C2CC2)C1. The molecule has 1 amide bonds. The molecular weight excluding hydrogens is 252 g/mol. The highest BCUT2D eigenvalue weighted by Crippen LogP contribution is 2.29. The van der Waals surface area contributed by atoms with E-state index in [1.165, 1.54) is 12.8 Å². The van der Waals surface area contributed by atoms with Crippen LogP contribution in [0.1, 0.15) is 36.0 Å². The summed E-state index contributed by atoms with van der Waals surface area (Å²) in [6.07, 6.45) is 3.55. The molecular formula is C16H20N2O2. The summed E-state index contributed by atoms with van der Waals surface area (Å²) in [4.78, 5) is 26.3. The third-order valence-electron chi connectivity index (χ3n) is 4.06. The second-order valence-corrected chi connectivity index (χ2v) is 5.75. The summed E-state index contributed by atoms with van der Waals surface area (Å²) < 4.78 is 0. The fourth-order valence-electron chi connectivity index (χ4n) is 2.83. The van der Waals surface area contributed by atoms with E-state index in [0.29, 0.717) is 5.56 Å². The van der Waals surface area contributed by atoms with Gasteiger partial charge in [0.25, 0.3) is 0 Å². The molecule has 4 nitrogen and oxygen atoms in total. The van der Waals surface area contributed by atoms with Crippen molar-refractivity contribution in [2.45, 2.75) is 37.8 Å². The quantitative estimate of drug-likeness (QED) is 0.654. The lowest BCUT2D eigenvalue weighted by Crippen LogP contribution is -2.38. The summed E-state index contributed by atoms with van der Waals surface area (Å²) in [7, 11) is 0. The van der Waals surface area contributed by atoms with Crippen molar-refractivity contribution in [3.8, 4) is 0 Å². The molecule has 1 unspecified atom stereocenters. The van der Waals surface area contributed by atoms with Crippen molar-refractivity contribution in [2.24, 2.45) is 0 Å². The Morgan fingerprint density at radius 2 is 1.90 bits per heavy atom. The van der Waals surface area contributed by atoms with Gasteiger partial charge >= 0.3 is 0 Å². The Morgan fingerprint density at radius 1 is 1.15 bits per heavy atom. The lowest BCUT2D eigenvalue weighted by atomic mass is 10.1. The van der Waals surface area contributed by atoms with Gasteiger partial charge in [-0.25, -0.2) is 0 Å². The highest BCUT2D eigenvalue weighted by Gasteiger charge is 2.34. The van der Waals surface area contributed by atoms with Crippen LogP contribution in [0.15, 0.2) is 30.3 Å². The predicted molar refractivity (Wildman–Crippen MR) is 76.5 cm³/mol. The molecule has 1 aromatic carbocycles. The van der Waals surface area contributed by atoms with Crippen LogP contribution in [0.2, 0.25) is 0 Å². The summed E-state index contributed by atoms with van der Waals surface area (Å²) in [5, 5.41) is 2.99. The Balaban J connectivity index is 1.46. The first-order valence-electron chi connectivity index (χ1n) is 7.34. The smallest absolute Gasteiger partial charge is 0.228 e. The van der Waals surface area contributed by atoms with Gasteiger partial charge in [-0.05, 0) is 19.3 Å². The molecule has 1 aliphatic carbocycles. The molecule has 3 rings (SSSR count). The Hall–Kier alpha value is -1.68. The zero-order chi connectivity index (χ0) is 13.9. The number of ketones is 1. The van der Waals surface area contributed by atoms with Crippen LogP contribution >= 0.6 is 0 Å². The lowest BCUT2D eigenvalue weighted by molar-refractivity contribution is -0.120. The topological polar surface area (TPSA) is 49.4 Å². The van der Waals surface area contributed by atoms with Gasteiger partial charge in [0, 0.05) is 30.7 Å². The van der Waals surface area contributed by atoms with Gasteiger partial charge in [-0.15, -0.1) is 0 Å². The number of nitrogens with one attached hydrogen (secondary N) is 1. The van der Waals surface area contributed by atoms with Crippen LogP contribution in [-0.4, -0.2) is 41.8 Å². The molecule has 106 valence electrons. The zero-order valence-electron chi connectivity index (χ0n) is 11.5. The maximum Gasteiger partial charge on any atom is 0.228 e. The van der Waals surface area contributed by atoms with Crippen LogP contribution in [0.4, 0.5) is 0 Å². The standard InChI is InChI=1S/C16H20N2O2/c19-15(12-4-2-1-3-5-12)10-16(20)17-13-8-9-18(11-13)14-6-7-14/h1-5,13-14H,6-11H2,(H,17,20). The van der Waals surface area contributed by atoms with E-state index in [4.69, 9.17) is 0 Å². The van der Waals surface area contributed by atoms with Crippen LogP contribution in [0.3, 0.4) is 0 Å². The fourth-order valence-corrected chi connectivity index (χ4v) is 2.83. The molecule has 1 heterocycles. The van der Waals surface area contributed by atoms with Crippen molar-refractivity contribution in [1.29, 1.82) is 0 Å². The average Bonchev–Trinajstić information content (AvgIpc) is 3.20. The van der Waals surface area contributed by atoms with Gasteiger partial charge in [0.1, 0.15) is 0 Å². The van der Waals surface area contributed by atoms with Gasteiger partial charge < -0.3 is 5.32 Å². The first-order valence-corrected chi connectivity index (χ1v) is 7.34. The van der Waals surface area contributed by atoms with Crippen molar-refractivity contribution in [3.05, 3.63) is 35.9 Å². The van der Waals surface area contributed by atoms with Crippen molar-refractivity contribution >= 4 is 11.7 Å². The third kappa shape index (κ3) is 3.25. The van der Waals surface area contributed by atoms with Gasteiger partial charge in [0.05, 0.1) is 6.42 Å². The number of hydrogen-bond donors (Lipinski definition) is 1. The van der Waals surface area contributed by atoms with E-state index < -0.39 is 0 Å². The molecule has 1 aromatic rings. The van der Waals surface area contributed by atoms with E-state index in [2.05, 4.69) is 10.2 Å². The maximum absolute atomic E-state index is 11.9. The molecule has 0 spiro atoms. The van der Waals surface area contributed by atoms with Crippen molar-refractivity contribution < 1.29 is 9.59 Å². The van der Waals surface area contributed by atoms with Crippen LogP contribution in [-0.2, 0) is 4.79 Å². The minimum atomic E-state index is -0.151. The molecule has 2 fully saturated rings. The normalized spacial score (nSPS) is 22.7. The first kappa shape index (κ1) is 13.3. The van der Waals surface area contributed by atoms with E-state index in [0.717, 1.165) is 25.6 Å². The molecule has 1 N–H and O–H groups in total. The van der Waals surface area contributed by atoms with Crippen molar-refractivity contribution in [3.63, 3.8) is 0 Å².